The summed E-state index contributed by atoms with van der Waals surface area (Å²) < 4.78 is 0. The second-order valence-corrected chi connectivity index (χ2v) is 9.85. The van der Waals surface area contributed by atoms with Crippen molar-refractivity contribution in [3.05, 3.63) is 22.4 Å². The summed E-state index contributed by atoms with van der Waals surface area (Å²) in [5.74, 6) is 1.77. The Balaban J connectivity index is 1.78. The molecular weight excluding hydrogens is 336 g/mol. The Kier molecular flexibility index (Phi) is 3.94. The normalized spacial score (nSPS) is 49.9. The van der Waals surface area contributed by atoms with E-state index >= 15 is 0 Å². The van der Waals surface area contributed by atoms with E-state index in [-0.39, 0.29) is 22.4 Å². The second kappa shape index (κ2) is 5.60. The zero-order chi connectivity index (χ0) is 18.1. The van der Waals surface area contributed by atoms with Gasteiger partial charge in [-0.1, -0.05) is 38.4 Å². The SMILES string of the molecule is C[C@@H]1CC2=C(O)C(=O)CC[C@]2(C)[C@H]2CC[C@]3(C)[C@@H](O)C(Cl)=CC[C@H]3[C@H]12. The number of fused-ring (bicyclic) bond motifs is 5. The first-order valence-corrected chi connectivity index (χ1v) is 10.1. The summed E-state index contributed by atoms with van der Waals surface area (Å²) in [6.45, 7) is 6.73. The van der Waals surface area contributed by atoms with E-state index in [2.05, 4.69) is 20.8 Å². The Bertz CT molecular complexity index is 681. The summed E-state index contributed by atoms with van der Waals surface area (Å²) in [6.07, 6.45) is 6.48. The topological polar surface area (TPSA) is 57.5 Å². The van der Waals surface area contributed by atoms with Crippen molar-refractivity contribution in [2.45, 2.75) is 65.4 Å². The monoisotopic (exact) mass is 364 g/mol. The van der Waals surface area contributed by atoms with Crippen molar-refractivity contribution in [2.24, 2.45) is 34.5 Å². The molecule has 0 aromatic carbocycles. The fourth-order valence-corrected chi connectivity index (χ4v) is 7.15. The fraction of sp³-hybridized carbons (Fsp3) is 0.762. The number of Topliss-reactive ketones (excluding diaryl/α,β-unsaturated/α-hetero) is 1. The Labute approximate surface area is 155 Å². The first kappa shape index (κ1) is 17.6. The molecule has 0 heterocycles. The van der Waals surface area contributed by atoms with Gasteiger partial charge in [-0.3, -0.25) is 4.79 Å². The lowest BCUT2D eigenvalue weighted by molar-refractivity contribution is -0.129. The minimum absolute atomic E-state index is 0.0546. The molecule has 2 N–H and O–H groups in total. The van der Waals surface area contributed by atoms with Crippen molar-refractivity contribution in [1.82, 2.24) is 0 Å². The first-order chi connectivity index (χ1) is 11.7. The molecule has 4 aliphatic rings. The number of rotatable bonds is 0. The van der Waals surface area contributed by atoms with Crippen LogP contribution in [0.2, 0.25) is 0 Å². The zero-order valence-electron chi connectivity index (χ0n) is 15.4. The van der Waals surface area contributed by atoms with Gasteiger partial charge in [0.2, 0.25) is 0 Å². The smallest absolute Gasteiger partial charge is 0.197 e. The van der Waals surface area contributed by atoms with Crippen LogP contribution in [0.15, 0.2) is 22.4 Å². The van der Waals surface area contributed by atoms with E-state index in [0.29, 0.717) is 35.1 Å². The number of carbonyl (C=O) groups excluding carboxylic acids is 1. The van der Waals surface area contributed by atoms with Gasteiger partial charge in [0.25, 0.3) is 0 Å². The summed E-state index contributed by atoms with van der Waals surface area (Å²) in [5.41, 5.74) is 0.767. The standard InChI is InChI=1S/C21H29ClO3/c1-11-10-14-18(24)16(23)7-9-20(14,2)13-6-8-21(3)12(17(11)13)4-5-15(22)19(21)25/h5,11-13,17,19,24-25H,4,6-10H2,1-3H3/t11-,12+,13+,17+,19+,20-,21+/m1/s1. The third kappa shape index (κ3) is 2.24. The van der Waals surface area contributed by atoms with Crippen LogP contribution in [0.1, 0.15) is 59.3 Å². The second-order valence-electron chi connectivity index (χ2n) is 9.41. The molecule has 4 rings (SSSR count). The van der Waals surface area contributed by atoms with Crippen LogP contribution in [-0.2, 0) is 4.79 Å². The van der Waals surface area contributed by atoms with Gasteiger partial charge in [0.1, 0.15) is 0 Å². The summed E-state index contributed by atoms with van der Waals surface area (Å²) in [7, 11) is 0. The van der Waals surface area contributed by atoms with Crippen LogP contribution in [0.3, 0.4) is 0 Å². The van der Waals surface area contributed by atoms with Gasteiger partial charge in [0.15, 0.2) is 11.5 Å². The van der Waals surface area contributed by atoms with Gasteiger partial charge >= 0.3 is 0 Å². The van der Waals surface area contributed by atoms with Crippen LogP contribution >= 0.6 is 11.6 Å². The van der Waals surface area contributed by atoms with Crippen LogP contribution < -0.4 is 0 Å². The molecule has 25 heavy (non-hydrogen) atoms. The molecule has 4 aliphatic carbocycles. The molecule has 0 bridgehead atoms. The van der Waals surface area contributed by atoms with Crippen molar-refractivity contribution in [1.29, 1.82) is 0 Å². The third-order valence-corrected chi connectivity index (χ3v) is 8.70. The fourth-order valence-electron chi connectivity index (χ4n) is 6.81. The predicted octanol–water partition coefficient (Wildman–Crippen LogP) is 4.74. The Morgan fingerprint density at radius 1 is 1.24 bits per heavy atom. The van der Waals surface area contributed by atoms with E-state index in [4.69, 9.17) is 11.6 Å². The Hall–Kier alpha value is -0.800. The van der Waals surface area contributed by atoms with E-state index in [1.807, 2.05) is 6.08 Å². The molecule has 0 spiro atoms. The maximum absolute atomic E-state index is 12.1. The van der Waals surface area contributed by atoms with Gasteiger partial charge in [-0.2, -0.15) is 0 Å². The van der Waals surface area contributed by atoms with E-state index < -0.39 is 6.10 Å². The molecule has 0 radical (unpaired) electrons. The molecule has 2 saturated carbocycles. The number of carbonyl (C=O) groups is 1. The number of allylic oxidation sites excluding steroid dienone is 3. The van der Waals surface area contributed by atoms with Crippen LogP contribution in [0, 0.1) is 34.5 Å². The van der Waals surface area contributed by atoms with E-state index in [9.17, 15) is 15.0 Å². The van der Waals surface area contributed by atoms with Gasteiger partial charge in [0, 0.05) is 16.9 Å². The highest BCUT2D eigenvalue weighted by Gasteiger charge is 2.60. The highest BCUT2D eigenvalue weighted by molar-refractivity contribution is 6.30. The highest BCUT2D eigenvalue weighted by atomic mass is 35.5. The van der Waals surface area contributed by atoms with Crippen molar-refractivity contribution < 1.29 is 15.0 Å². The van der Waals surface area contributed by atoms with Crippen LogP contribution in [-0.4, -0.2) is 22.1 Å². The van der Waals surface area contributed by atoms with Crippen LogP contribution in [0.4, 0.5) is 0 Å². The maximum Gasteiger partial charge on any atom is 0.197 e. The van der Waals surface area contributed by atoms with Crippen LogP contribution in [0.25, 0.3) is 0 Å². The van der Waals surface area contributed by atoms with Gasteiger partial charge < -0.3 is 10.2 Å². The molecular formula is C21H29ClO3. The average molecular weight is 365 g/mol. The number of aliphatic hydroxyl groups is 2. The van der Waals surface area contributed by atoms with E-state index in [1.165, 1.54) is 0 Å². The van der Waals surface area contributed by atoms with Gasteiger partial charge in [-0.15, -0.1) is 0 Å². The number of halogens is 1. The summed E-state index contributed by atoms with van der Waals surface area (Å²) >= 11 is 6.29. The lowest BCUT2D eigenvalue weighted by Crippen LogP contribution is -2.57. The molecule has 0 aromatic heterocycles. The number of aliphatic hydroxyl groups excluding tert-OH is 2. The van der Waals surface area contributed by atoms with E-state index in [1.54, 1.807) is 0 Å². The maximum atomic E-state index is 12.1. The minimum atomic E-state index is -0.563. The molecule has 3 nitrogen and oxygen atoms in total. The van der Waals surface area contributed by atoms with Crippen molar-refractivity contribution >= 4 is 17.4 Å². The number of hydrogen-bond donors (Lipinski definition) is 2. The number of hydrogen-bond acceptors (Lipinski definition) is 3. The molecule has 7 atom stereocenters. The minimum Gasteiger partial charge on any atom is -0.504 e. The molecule has 0 aromatic rings. The lowest BCUT2D eigenvalue weighted by Gasteiger charge is -2.62. The molecule has 0 saturated heterocycles. The van der Waals surface area contributed by atoms with Crippen LogP contribution in [0.5, 0.6) is 0 Å². The molecule has 0 amide bonds. The summed E-state index contributed by atoms with van der Waals surface area (Å²) in [6, 6.07) is 0. The highest BCUT2D eigenvalue weighted by Crippen LogP contribution is 2.66. The average Bonchev–Trinajstić information content (AvgIpc) is 2.58. The predicted molar refractivity (Wildman–Crippen MR) is 98.2 cm³/mol. The molecule has 0 aliphatic heterocycles. The lowest BCUT2D eigenvalue weighted by atomic mass is 9.43. The summed E-state index contributed by atoms with van der Waals surface area (Å²) in [4.78, 5) is 12.1. The molecule has 4 heteroatoms. The Morgan fingerprint density at radius 3 is 2.68 bits per heavy atom. The molecule has 138 valence electrons. The molecule has 0 unspecified atom stereocenters. The molecule has 2 fully saturated rings. The number of ketones is 1. The van der Waals surface area contributed by atoms with Gasteiger partial charge in [-0.05, 0) is 66.8 Å². The van der Waals surface area contributed by atoms with Gasteiger partial charge in [0.05, 0.1) is 6.10 Å². The van der Waals surface area contributed by atoms with Gasteiger partial charge in [-0.25, -0.2) is 0 Å². The van der Waals surface area contributed by atoms with Crippen molar-refractivity contribution in [2.75, 3.05) is 0 Å². The Morgan fingerprint density at radius 2 is 1.96 bits per heavy atom. The summed E-state index contributed by atoms with van der Waals surface area (Å²) in [5, 5.41) is 21.9. The zero-order valence-corrected chi connectivity index (χ0v) is 16.1. The first-order valence-electron chi connectivity index (χ1n) is 9.69. The third-order valence-electron chi connectivity index (χ3n) is 8.34. The van der Waals surface area contributed by atoms with E-state index in [0.717, 1.165) is 37.7 Å². The van der Waals surface area contributed by atoms with Crippen molar-refractivity contribution in [3.8, 4) is 0 Å². The quantitative estimate of drug-likeness (QED) is 0.652. The largest absolute Gasteiger partial charge is 0.504 e. The van der Waals surface area contributed by atoms with Crippen molar-refractivity contribution in [3.63, 3.8) is 0 Å².